The first-order valence-electron chi connectivity index (χ1n) is 6.38. The Hall–Kier alpha value is -1.42. The van der Waals surface area contributed by atoms with Crippen molar-refractivity contribution >= 4 is 11.2 Å². The SMILES string of the molecule is CCN1CCCC1Cn1cnc2cccnc21. The molecule has 0 spiro atoms. The third-order valence-electron chi connectivity index (χ3n) is 3.69. The number of likely N-dealkylation sites (tertiary alicyclic amines) is 1. The maximum absolute atomic E-state index is 4.42. The van der Waals surface area contributed by atoms with Gasteiger partial charge in [0.15, 0.2) is 5.65 Å². The lowest BCUT2D eigenvalue weighted by atomic mass is 10.2. The lowest BCUT2D eigenvalue weighted by molar-refractivity contribution is 0.245. The fourth-order valence-corrected chi connectivity index (χ4v) is 2.78. The Balaban J connectivity index is 1.85. The predicted molar refractivity (Wildman–Crippen MR) is 67.8 cm³/mol. The van der Waals surface area contributed by atoms with Crippen LogP contribution in [-0.4, -0.2) is 38.6 Å². The number of likely N-dealkylation sites (N-methyl/N-ethyl adjacent to an activating group) is 1. The van der Waals surface area contributed by atoms with Crippen molar-refractivity contribution in [2.24, 2.45) is 0 Å². The fourth-order valence-electron chi connectivity index (χ4n) is 2.78. The van der Waals surface area contributed by atoms with Crippen molar-refractivity contribution in [3.63, 3.8) is 0 Å². The van der Waals surface area contributed by atoms with E-state index in [1.807, 2.05) is 24.7 Å². The summed E-state index contributed by atoms with van der Waals surface area (Å²) >= 11 is 0. The highest BCUT2D eigenvalue weighted by atomic mass is 15.2. The van der Waals surface area contributed by atoms with Crippen LogP contribution < -0.4 is 0 Å². The van der Waals surface area contributed by atoms with Crippen LogP contribution in [0.5, 0.6) is 0 Å². The number of imidazole rings is 1. The van der Waals surface area contributed by atoms with E-state index in [4.69, 9.17) is 0 Å². The number of hydrogen-bond acceptors (Lipinski definition) is 3. The normalized spacial score (nSPS) is 21.4. The van der Waals surface area contributed by atoms with Crippen LogP contribution in [0.3, 0.4) is 0 Å². The molecule has 0 N–H and O–H groups in total. The minimum absolute atomic E-state index is 0.652. The third kappa shape index (κ3) is 1.93. The number of aromatic nitrogens is 3. The van der Waals surface area contributed by atoms with Crippen molar-refractivity contribution in [3.8, 4) is 0 Å². The molecule has 1 fully saturated rings. The molecule has 1 unspecified atom stereocenters. The number of hydrogen-bond donors (Lipinski definition) is 0. The molecule has 0 radical (unpaired) electrons. The van der Waals surface area contributed by atoms with Gasteiger partial charge in [0.1, 0.15) is 5.52 Å². The Bertz CT molecular complexity index is 505. The van der Waals surface area contributed by atoms with Crippen molar-refractivity contribution in [2.45, 2.75) is 32.4 Å². The second-order valence-electron chi connectivity index (χ2n) is 4.67. The molecule has 17 heavy (non-hydrogen) atoms. The molecule has 2 aromatic rings. The first kappa shape index (κ1) is 10.7. The quantitative estimate of drug-likeness (QED) is 0.807. The van der Waals surface area contributed by atoms with E-state index < -0.39 is 0 Å². The third-order valence-corrected chi connectivity index (χ3v) is 3.69. The van der Waals surface area contributed by atoms with Crippen molar-refractivity contribution < 1.29 is 0 Å². The molecule has 1 aliphatic heterocycles. The highest BCUT2D eigenvalue weighted by Gasteiger charge is 2.23. The van der Waals surface area contributed by atoms with Gasteiger partial charge in [0.05, 0.1) is 6.33 Å². The summed E-state index contributed by atoms with van der Waals surface area (Å²) in [5.41, 5.74) is 2.00. The van der Waals surface area contributed by atoms with Gasteiger partial charge in [0.2, 0.25) is 0 Å². The second-order valence-corrected chi connectivity index (χ2v) is 4.67. The van der Waals surface area contributed by atoms with Crippen LogP contribution >= 0.6 is 0 Å². The molecule has 1 aliphatic rings. The van der Waals surface area contributed by atoms with Gasteiger partial charge in [-0.3, -0.25) is 4.90 Å². The molecule has 0 aromatic carbocycles. The van der Waals surface area contributed by atoms with Gasteiger partial charge in [-0.05, 0) is 38.1 Å². The van der Waals surface area contributed by atoms with E-state index in [0.717, 1.165) is 24.3 Å². The molecule has 0 amide bonds. The van der Waals surface area contributed by atoms with E-state index in [9.17, 15) is 0 Å². The zero-order chi connectivity index (χ0) is 11.7. The summed E-state index contributed by atoms with van der Waals surface area (Å²) in [5, 5.41) is 0. The van der Waals surface area contributed by atoms with Crippen LogP contribution in [0, 0.1) is 0 Å². The van der Waals surface area contributed by atoms with E-state index in [1.165, 1.54) is 19.4 Å². The summed E-state index contributed by atoms with van der Waals surface area (Å²) in [5.74, 6) is 0. The van der Waals surface area contributed by atoms with Gasteiger partial charge in [-0.15, -0.1) is 0 Å². The van der Waals surface area contributed by atoms with Crippen LogP contribution in [0.25, 0.3) is 11.2 Å². The molecule has 0 aliphatic carbocycles. The van der Waals surface area contributed by atoms with Gasteiger partial charge in [0.25, 0.3) is 0 Å². The van der Waals surface area contributed by atoms with E-state index in [2.05, 4.69) is 26.4 Å². The topological polar surface area (TPSA) is 34.0 Å². The van der Waals surface area contributed by atoms with Crippen molar-refractivity contribution in [1.29, 1.82) is 0 Å². The summed E-state index contributed by atoms with van der Waals surface area (Å²) in [6, 6.07) is 4.61. The summed E-state index contributed by atoms with van der Waals surface area (Å²) in [6.07, 6.45) is 6.37. The van der Waals surface area contributed by atoms with Crippen molar-refractivity contribution in [2.75, 3.05) is 13.1 Å². The van der Waals surface area contributed by atoms with Crippen LogP contribution in [0.1, 0.15) is 19.8 Å². The Labute approximate surface area is 101 Å². The smallest absolute Gasteiger partial charge is 0.159 e. The fraction of sp³-hybridized carbons (Fsp3) is 0.538. The minimum atomic E-state index is 0.652. The monoisotopic (exact) mass is 230 g/mol. The summed E-state index contributed by atoms with van der Waals surface area (Å²) in [7, 11) is 0. The molecule has 90 valence electrons. The lowest BCUT2D eigenvalue weighted by Gasteiger charge is -2.22. The average Bonchev–Trinajstić information content (AvgIpc) is 2.97. The van der Waals surface area contributed by atoms with Gasteiger partial charge in [-0.25, -0.2) is 9.97 Å². The summed E-state index contributed by atoms with van der Waals surface area (Å²) in [4.78, 5) is 11.4. The molecule has 2 aromatic heterocycles. The highest BCUT2D eigenvalue weighted by Crippen LogP contribution is 2.19. The number of pyridine rings is 1. The highest BCUT2D eigenvalue weighted by molar-refractivity contribution is 5.69. The number of rotatable bonds is 3. The number of nitrogens with zero attached hydrogens (tertiary/aromatic N) is 4. The first-order chi connectivity index (χ1) is 8.38. The molecular weight excluding hydrogens is 212 g/mol. The molecule has 0 saturated carbocycles. The molecule has 1 saturated heterocycles. The molecule has 3 heterocycles. The maximum atomic E-state index is 4.42. The van der Waals surface area contributed by atoms with Gasteiger partial charge in [-0.1, -0.05) is 6.92 Å². The number of fused-ring (bicyclic) bond motifs is 1. The van der Waals surface area contributed by atoms with Gasteiger partial charge < -0.3 is 4.57 Å². The van der Waals surface area contributed by atoms with Crippen molar-refractivity contribution in [1.82, 2.24) is 19.4 Å². The Morgan fingerprint density at radius 3 is 3.24 bits per heavy atom. The van der Waals surface area contributed by atoms with Gasteiger partial charge >= 0.3 is 0 Å². The van der Waals surface area contributed by atoms with Crippen LogP contribution in [-0.2, 0) is 6.54 Å². The van der Waals surface area contributed by atoms with Crippen LogP contribution in [0.2, 0.25) is 0 Å². The van der Waals surface area contributed by atoms with Crippen molar-refractivity contribution in [3.05, 3.63) is 24.7 Å². The maximum Gasteiger partial charge on any atom is 0.159 e. The van der Waals surface area contributed by atoms with Gasteiger partial charge in [0, 0.05) is 18.8 Å². The Morgan fingerprint density at radius 1 is 1.41 bits per heavy atom. The average molecular weight is 230 g/mol. The Kier molecular flexibility index (Phi) is 2.81. The largest absolute Gasteiger partial charge is 0.314 e. The molecule has 4 heteroatoms. The molecule has 4 nitrogen and oxygen atoms in total. The lowest BCUT2D eigenvalue weighted by Crippen LogP contribution is -2.32. The van der Waals surface area contributed by atoms with E-state index in [1.54, 1.807) is 0 Å². The first-order valence-corrected chi connectivity index (χ1v) is 6.38. The van der Waals surface area contributed by atoms with E-state index >= 15 is 0 Å². The van der Waals surface area contributed by atoms with Crippen LogP contribution in [0.15, 0.2) is 24.7 Å². The molecule has 3 rings (SSSR count). The molecule has 0 bridgehead atoms. The van der Waals surface area contributed by atoms with E-state index in [0.29, 0.717) is 6.04 Å². The zero-order valence-corrected chi connectivity index (χ0v) is 10.2. The summed E-state index contributed by atoms with van der Waals surface area (Å²) in [6.45, 7) is 5.63. The standard InChI is InChI=1S/C13H18N4/c1-2-16-8-4-5-11(16)9-17-10-15-12-6-3-7-14-13(12)17/h3,6-7,10-11H,2,4-5,8-9H2,1H3. The second kappa shape index (κ2) is 4.45. The minimum Gasteiger partial charge on any atom is -0.314 e. The Morgan fingerprint density at radius 2 is 2.35 bits per heavy atom. The zero-order valence-electron chi connectivity index (χ0n) is 10.2. The van der Waals surface area contributed by atoms with Gasteiger partial charge in [-0.2, -0.15) is 0 Å². The summed E-state index contributed by atoms with van der Waals surface area (Å²) < 4.78 is 2.19. The molecular formula is C13H18N4. The van der Waals surface area contributed by atoms with Crippen LogP contribution in [0.4, 0.5) is 0 Å². The van der Waals surface area contributed by atoms with E-state index in [-0.39, 0.29) is 0 Å². The molecule has 1 atom stereocenters. The predicted octanol–water partition coefficient (Wildman–Crippen LogP) is 1.92.